The van der Waals surface area contributed by atoms with E-state index in [1.807, 2.05) is 0 Å². The number of thiazole rings is 1. The fraction of sp³-hybridized carbons (Fsp3) is 0.333. The topological polar surface area (TPSA) is 124 Å². The van der Waals surface area contributed by atoms with E-state index in [0.29, 0.717) is 28.2 Å². The van der Waals surface area contributed by atoms with Crippen molar-refractivity contribution in [1.29, 1.82) is 0 Å². The van der Waals surface area contributed by atoms with Gasteiger partial charge in [-0.1, -0.05) is 11.3 Å². The summed E-state index contributed by atoms with van der Waals surface area (Å²) in [5, 5.41) is 11.1. The van der Waals surface area contributed by atoms with Gasteiger partial charge in [-0.3, -0.25) is 14.9 Å². The number of sulfonamides is 1. The van der Waals surface area contributed by atoms with Gasteiger partial charge in [-0.15, -0.1) is 0 Å². The maximum atomic E-state index is 12.8. The number of aromatic nitrogens is 1. The molecule has 1 heterocycles. The van der Waals surface area contributed by atoms with Gasteiger partial charge in [-0.05, 0) is 44.2 Å². The highest BCUT2D eigenvalue weighted by Gasteiger charge is 2.23. The van der Waals surface area contributed by atoms with Crippen LogP contribution < -0.4 is 4.80 Å². The minimum Gasteiger partial charge on any atom is -0.383 e. The fourth-order valence-corrected chi connectivity index (χ4v) is 5.48. The van der Waals surface area contributed by atoms with Gasteiger partial charge >= 0.3 is 0 Å². The first-order valence-corrected chi connectivity index (χ1v) is 12.3. The van der Waals surface area contributed by atoms with E-state index in [9.17, 15) is 23.3 Å². The third-order valence-electron chi connectivity index (χ3n) is 5.10. The Hall–Kier alpha value is -2.93. The zero-order valence-electron chi connectivity index (χ0n) is 18.6. The normalized spacial score (nSPS) is 12.7. The van der Waals surface area contributed by atoms with Crippen LogP contribution in [0.15, 0.2) is 52.4 Å². The van der Waals surface area contributed by atoms with Gasteiger partial charge < -0.3 is 9.30 Å². The summed E-state index contributed by atoms with van der Waals surface area (Å²) in [5.41, 5.74) is 0.874. The van der Waals surface area contributed by atoms with Crippen LogP contribution >= 0.6 is 11.3 Å². The van der Waals surface area contributed by atoms with E-state index in [0.717, 1.165) is 11.3 Å². The summed E-state index contributed by atoms with van der Waals surface area (Å²) >= 11 is 1.16. The van der Waals surface area contributed by atoms with Crippen LogP contribution in [0.3, 0.4) is 0 Å². The summed E-state index contributed by atoms with van der Waals surface area (Å²) in [5.74, 6) is -0.552. The van der Waals surface area contributed by atoms with E-state index in [1.54, 1.807) is 31.6 Å². The first kappa shape index (κ1) is 24.7. The van der Waals surface area contributed by atoms with Crippen LogP contribution in [-0.4, -0.2) is 54.9 Å². The maximum absolute atomic E-state index is 12.8. The second kappa shape index (κ2) is 9.91. The number of hydrogen-bond donors (Lipinski definition) is 0. The molecule has 0 aliphatic heterocycles. The van der Waals surface area contributed by atoms with Gasteiger partial charge in [0.15, 0.2) is 4.80 Å². The van der Waals surface area contributed by atoms with Gasteiger partial charge in [0.05, 0.1) is 26.6 Å². The number of methoxy groups -OCH3 is 1. The number of nitro groups is 1. The quantitative estimate of drug-likeness (QED) is 0.352. The van der Waals surface area contributed by atoms with Crippen molar-refractivity contribution in [2.24, 2.45) is 4.99 Å². The molecule has 0 saturated heterocycles. The molecular formula is C21H24N4O6S2. The van der Waals surface area contributed by atoms with Crippen molar-refractivity contribution in [3.8, 4) is 0 Å². The van der Waals surface area contributed by atoms with Crippen LogP contribution in [0, 0.1) is 10.1 Å². The molecule has 3 rings (SSSR count). The molecule has 3 aromatic rings. The summed E-state index contributed by atoms with van der Waals surface area (Å²) < 4.78 is 34.0. The maximum Gasteiger partial charge on any atom is 0.279 e. The van der Waals surface area contributed by atoms with Gasteiger partial charge in [0.1, 0.15) is 0 Å². The van der Waals surface area contributed by atoms with Crippen molar-refractivity contribution in [2.75, 3.05) is 20.8 Å². The molecule has 0 saturated carbocycles. The van der Waals surface area contributed by atoms with Crippen molar-refractivity contribution >= 4 is 43.2 Å². The van der Waals surface area contributed by atoms with Gasteiger partial charge in [0.25, 0.3) is 11.6 Å². The highest BCUT2D eigenvalue weighted by atomic mass is 32.2. The van der Waals surface area contributed by atoms with E-state index in [1.165, 1.54) is 47.8 Å². The monoisotopic (exact) mass is 492 g/mol. The van der Waals surface area contributed by atoms with Crippen molar-refractivity contribution in [1.82, 2.24) is 8.87 Å². The third kappa shape index (κ3) is 5.19. The highest BCUT2D eigenvalue weighted by molar-refractivity contribution is 7.89. The molecule has 0 unspecified atom stereocenters. The van der Waals surface area contributed by atoms with Crippen molar-refractivity contribution in [2.45, 2.75) is 31.3 Å². The Morgan fingerprint density at radius 1 is 1.24 bits per heavy atom. The molecule has 0 aliphatic rings. The molecule has 0 radical (unpaired) electrons. The lowest BCUT2D eigenvalue weighted by molar-refractivity contribution is -0.384. The van der Waals surface area contributed by atoms with E-state index >= 15 is 0 Å². The second-order valence-electron chi connectivity index (χ2n) is 7.49. The zero-order valence-corrected chi connectivity index (χ0v) is 20.2. The Bertz CT molecular complexity index is 1360. The molecule has 0 bridgehead atoms. The SMILES string of the molecule is COCCn1c(=NC(=O)c2ccc(S(=O)(=O)N(C)C(C)C)cc2)sc2cc([N+](=O)[O-])ccc21. The smallest absolute Gasteiger partial charge is 0.279 e. The largest absolute Gasteiger partial charge is 0.383 e. The van der Waals surface area contributed by atoms with Gasteiger partial charge in [-0.25, -0.2) is 8.42 Å². The lowest BCUT2D eigenvalue weighted by atomic mass is 10.2. The van der Waals surface area contributed by atoms with Crippen molar-refractivity contribution < 1.29 is 22.9 Å². The summed E-state index contributed by atoms with van der Waals surface area (Å²) in [6, 6.07) is 9.85. The van der Waals surface area contributed by atoms with Crippen molar-refractivity contribution in [3.63, 3.8) is 0 Å². The number of amides is 1. The molecule has 12 heteroatoms. The molecule has 0 N–H and O–H groups in total. The Morgan fingerprint density at radius 3 is 2.48 bits per heavy atom. The molecule has 1 aromatic heterocycles. The first-order valence-electron chi connectivity index (χ1n) is 10.00. The van der Waals surface area contributed by atoms with Crippen LogP contribution in [0.4, 0.5) is 5.69 Å². The number of nitrogens with zero attached hydrogens (tertiary/aromatic N) is 4. The lowest BCUT2D eigenvalue weighted by Crippen LogP contribution is -2.33. The summed E-state index contributed by atoms with van der Waals surface area (Å²) in [6.45, 7) is 4.30. The number of carbonyl (C=O) groups is 1. The second-order valence-corrected chi connectivity index (χ2v) is 10.5. The molecule has 0 atom stereocenters. The number of rotatable bonds is 8. The predicted octanol–water partition coefficient (Wildman–Crippen LogP) is 3.03. The number of ether oxygens (including phenoxy) is 1. The van der Waals surface area contributed by atoms with E-state index in [-0.39, 0.29) is 22.2 Å². The van der Waals surface area contributed by atoms with E-state index in [2.05, 4.69) is 4.99 Å². The average Bonchev–Trinajstić information content (AvgIpc) is 3.12. The van der Waals surface area contributed by atoms with Crippen LogP contribution in [0.2, 0.25) is 0 Å². The number of hydrogen-bond acceptors (Lipinski definition) is 7. The van der Waals surface area contributed by atoms with Crippen LogP contribution in [-0.2, 0) is 21.3 Å². The van der Waals surface area contributed by atoms with Gasteiger partial charge in [-0.2, -0.15) is 9.30 Å². The Balaban J connectivity index is 2.01. The standard InChI is InChI=1S/C21H24N4O6S2/c1-14(2)23(3)33(29,30)17-8-5-15(6-9-17)20(26)22-21-24(11-12-31-4)18-10-7-16(25(27)28)13-19(18)32-21/h5-10,13-14H,11-12H2,1-4H3. The predicted molar refractivity (Wildman–Crippen MR) is 125 cm³/mol. The van der Waals surface area contributed by atoms with Crippen LogP contribution in [0.5, 0.6) is 0 Å². The first-order chi connectivity index (χ1) is 15.6. The molecule has 0 fully saturated rings. The molecule has 176 valence electrons. The molecule has 2 aromatic carbocycles. The summed E-state index contributed by atoms with van der Waals surface area (Å²) in [4.78, 5) is 28.1. The average molecular weight is 493 g/mol. The Kier molecular flexibility index (Phi) is 7.42. The zero-order chi connectivity index (χ0) is 24.3. The molecule has 1 amide bonds. The summed E-state index contributed by atoms with van der Waals surface area (Å²) in [6.07, 6.45) is 0. The number of fused-ring (bicyclic) bond motifs is 1. The summed E-state index contributed by atoms with van der Waals surface area (Å²) in [7, 11) is -0.616. The Labute approximate surface area is 195 Å². The molecule has 10 nitrogen and oxygen atoms in total. The molecular weight excluding hydrogens is 468 g/mol. The number of benzene rings is 2. The Morgan fingerprint density at radius 2 is 1.91 bits per heavy atom. The van der Waals surface area contributed by atoms with E-state index in [4.69, 9.17) is 4.74 Å². The minimum atomic E-state index is -3.66. The fourth-order valence-electron chi connectivity index (χ4n) is 3.02. The van der Waals surface area contributed by atoms with E-state index < -0.39 is 20.9 Å². The third-order valence-corrected chi connectivity index (χ3v) is 8.19. The van der Waals surface area contributed by atoms with Crippen LogP contribution in [0.25, 0.3) is 10.2 Å². The molecule has 33 heavy (non-hydrogen) atoms. The van der Waals surface area contributed by atoms with Crippen molar-refractivity contribution in [3.05, 3.63) is 62.9 Å². The lowest BCUT2D eigenvalue weighted by Gasteiger charge is -2.20. The highest BCUT2D eigenvalue weighted by Crippen LogP contribution is 2.23. The molecule has 0 aliphatic carbocycles. The van der Waals surface area contributed by atoms with Gasteiger partial charge in [0.2, 0.25) is 10.0 Å². The number of nitro benzene ring substituents is 1. The van der Waals surface area contributed by atoms with Crippen LogP contribution in [0.1, 0.15) is 24.2 Å². The number of carbonyl (C=O) groups excluding carboxylic acids is 1. The number of non-ortho nitro benzene ring substituents is 1. The van der Waals surface area contributed by atoms with Gasteiger partial charge in [0, 0.05) is 44.4 Å². The molecule has 0 spiro atoms. The minimum absolute atomic E-state index is 0.0521.